The third kappa shape index (κ3) is 6.06. The predicted octanol–water partition coefficient (Wildman–Crippen LogP) is 3.86. The molecule has 1 aromatic heterocycles. The predicted molar refractivity (Wildman–Crippen MR) is 101 cm³/mol. The molecule has 140 valence electrons. The van der Waals surface area contributed by atoms with E-state index in [4.69, 9.17) is 0 Å². The standard InChI is InChI=1S/C19H26FN5O/c1-5-15(26)22-18-24-16(19(3,4)20)23-17(25-18)21-13(2)11-12-14-9-7-6-8-10-14/h6-10,13H,5,11-12H2,1-4H3,(H2,21,22,23,24,25,26). The van der Waals surface area contributed by atoms with Gasteiger partial charge < -0.3 is 5.32 Å². The van der Waals surface area contributed by atoms with E-state index in [0.717, 1.165) is 12.8 Å². The molecule has 7 heteroatoms. The number of amides is 1. The van der Waals surface area contributed by atoms with Crippen molar-refractivity contribution in [1.29, 1.82) is 0 Å². The van der Waals surface area contributed by atoms with Gasteiger partial charge in [-0.2, -0.15) is 15.0 Å². The van der Waals surface area contributed by atoms with E-state index in [1.165, 1.54) is 19.4 Å². The maximum absolute atomic E-state index is 14.3. The largest absolute Gasteiger partial charge is 0.352 e. The minimum Gasteiger partial charge on any atom is -0.352 e. The number of benzene rings is 1. The summed E-state index contributed by atoms with van der Waals surface area (Å²) in [6.07, 6.45) is 2.05. The van der Waals surface area contributed by atoms with E-state index in [0.29, 0.717) is 0 Å². The first kappa shape index (κ1) is 19.8. The molecule has 26 heavy (non-hydrogen) atoms. The van der Waals surface area contributed by atoms with Crippen LogP contribution in [0.4, 0.5) is 16.3 Å². The lowest BCUT2D eigenvalue weighted by Gasteiger charge is -2.18. The highest BCUT2D eigenvalue weighted by Crippen LogP contribution is 2.23. The van der Waals surface area contributed by atoms with Crippen molar-refractivity contribution < 1.29 is 9.18 Å². The van der Waals surface area contributed by atoms with Crippen LogP contribution in [0.1, 0.15) is 51.9 Å². The summed E-state index contributed by atoms with van der Waals surface area (Å²) in [5.74, 6) is 0.0663. The van der Waals surface area contributed by atoms with Crippen LogP contribution in [0, 0.1) is 0 Å². The van der Waals surface area contributed by atoms with Crippen molar-refractivity contribution in [2.75, 3.05) is 10.6 Å². The second-order valence-electron chi connectivity index (χ2n) is 6.75. The number of aromatic nitrogens is 3. The number of hydrogen-bond donors (Lipinski definition) is 2. The number of halogens is 1. The highest BCUT2D eigenvalue weighted by Gasteiger charge is 2.25. The maximum atomic E-state index is 14.3. The van der Waals surface area contributed by atoms with Gasteiger partial charge in [0.2, 0.25) is 17.8 Å². The van der Waals surface area contributed by atoms with Crippen LogP contribution in [0.15, 0.2) is 30.3 Å². The molecule has 2 rings (SSSR count). The van der Waals surface area contributed by atoms with E-state index in [1.54, 1.807) is 6.92 Å². The van der Waals surface area contributed by atoms with Crippen molar-refractivity contribution >= 4 is 17.8 Å². The van der Waals surface area contributed by atoms with Crippen molar-refractivity contribution in [1.82, 2.24) is 15.0 Å². The van der Waals surface area contributed by atoms with Crippen molar-refractivity contribution in [3.63, 3.8) is 0 Å². The molecule has 6 nitrogen and oxygen atoms in total. The summed E-state index contributed by atoms with van der Waals surface area (Å²) < 4.78 is 14.3. The van der Waals surface area contributed by atoms with Crippen LogP contribution in [0.2, 0.25) is 0 Å². The monoisotopic (exact) mass is 359 g/mol. The van der Waals surface area contributed by atoms with E-state index in [1.807, 2.05) is 25.1 Å². The Labute approximate surface area is 153 Å². The van der Waals surface area contributed by atoms with Gasteiger partial charge in [-0.3, -0.25) is 10.1 Å². The lowest BCUT2D eigenvalue weighted by Crippen LogP contribution is -2.23. The molecule has 0 saturated heterocycles. The second-order valence-corrected chi connectivity index (χ2v) is 6.75. The van der Waals surface area contributed by atoms with Crippen molar-refractivity contribution in [3.05, 3.63) is 41.7 Å². The molecule has 0 saturated carbocycles. The molecule has 0 aliphatic heterocycles. The Morgan fingerprint density at radius 2 is 1.81 bits per heavy atom. The lowest BCUT2D eigenvalue weighted by molar-refractivity contribution is -0.115. The molecule has 0 spiro atoms. The van der Waals surface area contributed by atoms with Gasteiger partial charge in [-0.15, -0.1) is 0 Å². The van der Waals surface area contributed by atoms with Gasteiger partial charge in [0.25, 0.3) is 0 Å². The summed E-state index contributed by atoms with van der Waals surface area (Å²) in [6, 6.07) is 10.2. The number of nitrogens with zero attached hydrogens (tertiary/aromatic N) is 3. The van der Waals surface area contributed by atoms with E-state index in [-0.39, 0.29) is 36.1 Å². The van der Waals surface area contributed by atoms with Gasteiger partial charge in [0, 0.05) is 12.5 Å². The Morgan fingerprint density at radius 1 is 1.15 bits per heavy atom. The van der Waals surface area contributed by atoms with Gasteiger partial charge >= 0.3 is 0 Å². The molecule has 1 amide bonds. The highest BCUT2D eigenvalue weighted by molar-refractivity contribution is 5.88. The average Bonchev–Trinajstić information content (AvgIpc) is 2.60. The summed E-state index contributed by atoms with van der Waals surface area (Å²) in [7, 11) is 0. The molecule has 2 aromatic rings. The van der Waals surface area contributed by atoms with E-state index in [2.05, 4.69) is 37.7 Å². The summed E-state index contributed by atoms with van der Waals surface area (Å²) in [6.45, 7) is 6.48. The summed E-state index contributed by atoms with van der Waals surface area (Å²) in [5, 5.41) is 5.74. The molecular formula is C19H26FN5O. The van der Waals surface area contributed by atoms with Crippen molar-refractivity contribution in [3.8, 4) is 0 Å². The molecule has 1 heterocycles. The van der Waals surface area contributed by atoms with Crippen LogP contribution in [-0.4, -0.2) is 26.9 Å². The van der Waals surface area contributed by atoms with Crippen LogP contribution < -0.4 is 10.6 Å². The molecule has 0 radical (unpaired) electrons. The maximum Gasteiger partial charge on any atom is 0.234 e. The Morgan fingerprint density at radius 3 is 2.42 bits per heavy atom. The Kier molecular flexibility index (Phi) is 6.60. The summed E-state index contributed by atoms with van der Waals surface area (Å²) >= 11 is 0. The van der Waals surface area contributed by atoms with Crippen LogP contribution >= 0.6 is 0 Å². The third-order valence-corrected chi connectivity index (χ3v) is 3.82. The van der Waals surface area contributed by atoms with E-state index in [9.17, 15) is 9.18 Å². The second kappa shape index (κ2) is 8.69. The molecule has 0 fully saturated rings. The first-order chi connectivity index (χ1) is 12.3. The quantitative estimate of drug-likeness (QED) is 0.748. The Balaban J connectivity index is 2.10. The topological polar surface area (TPSA) is 79.8 Å². The molecular weight excluding hydrogens is 333 g/mol. The summed E-state index contributed by atoms with van der Waals surface area (Å²) in [4.78, 5) is 24.0. The van der Waals surface area contributed by atoms with Crippen molar-refractivity contribution in [2.24, 2.45) is 0 Å². The third-order valence-electron chi connectivity index (χ3n) is 3.82. The molecule has 2 N–H and O–H groups in total. The minimum absolute atomic E-state index is 0.0170. The molecule has 0 bridgehead atoms. The Hall–Kier alpha value is -2.57. The zero-order chi connectivity index (χ0) is 19.2. The van der Waals surface area contributed by atoms with Crippen LogP contribution in [0.3, 0.4) is 0 Å². The van der Waals surface area contributed by atoms with Crippen LogP contribution in [-0.2, 0) is 16.9 Å². The molecule has 0 aliphatic rings. The van der Waals surface area contributed by atoms with Gasteiger partial charge in [-0.05, 0) is 39.2 Å². The first-order valence-electron chi connectivity index (χ1n) is 8.83. The van der Waals surface area contributed by atoms with Gasteiger partial charge in [0.15, 0.2) is 11.5 Å². The van der Waals surface area contributed by atoms with E-state index >= 15 is 0 Å². The van der Waals surface area contributed by atoms with Gasteiger partial charge in [-0.25, -0.2) is 4.39 Å². The highest BCUT2D eigenvalue weighted by atomic mass is 19.1. The van der Waals surface area contributed by atoms with Gasteiger partial charge in [-0.1, -0.05) is 37.3 Å². The number of aryl methyl sites for hydroxylation is 1. The number of carbonyl (C=O) groups is 1. The zero-order valence-electron chi connectivity index (χ0n) is 15.7. The van der Waals surface area contributed by atoms with E-state index < -0.39 is 5.67 Å². The van der Waals surface area contributed by atoms with Crippen molar-refractivity contribution in [2.45, 2.75) is 58.7 Å². The molecule has 1 unspecified atom stereocenters. The Bertz CT molecular complexity index is 730. The number of anilines is 2. The summed E-state index contributed by atoms with van der Waals surface area (Å²) in [5.41, 5.74) is -0.489. The van der Waals surface area contributed by atoms with Gasteiger partial charge in [0.05, 0.1) is 0 Å². The fraction of sp³-hybridized carbons (Fsp3) is 0.474. The normalized spacial score (nSPS) is 12.5. The lowest BCUT2D eigenvalue weighted by atomic mass is 10.1. The number of nitrogens with one attached hydrogen (secondary N) is 2. The van der Waals surface area contributed by atoms with Gasteiger partial charge in [0.1, 0.15) is 0 Å². The molecule has 1 atom stereocenters. The zero-order valence-corrected chi connectivity index (χ0v) is 15.7. The molecule has 0 aliphatic carbocycles. The smallest absolute Gasteiger partial charge is 0.234 e. The van der Waals surface area contributed by atoms with Crippen LogP contribution in [0.5, 0.6) is 0 Å². The fourth-order valence-corrected chi connectivity index (χ4v) is 2.30. The SMILES string of the molecule is CCC(=O)Nc1nc(NC(C)CCc2ccccc2)nc(C(C)(C)F)n1. The first-order valence-corrected chi connectivity index (χ1v) is 8.83. The number of rotatable bonds is 8. The molecule has 1 aromatic carbocycles. The van der Waals surface area contributed by atoms with Crippen LogP contribution in [0.25, 0.3) is 0 Å². The average molecular weight is 359 g/mol. The number of carbonyl (C=O) groups excluding carboxylic acids is 1. The number of hydrogen-bond acceptors (Lipinski definition) is 5. The number of alkyl halides is 1. The fourth-order valence-electron chi connectivity index (χ4n) is 2.30. The minimum atomic E-state index is -1.74.